The first kappa shape index (κ1) is 21.5. The van der Waals surface area contributed by atoms with E-state index in [0.717, 1.165) is 24.3 Å². The first-order chi connectivity index (χ1) is 17.1. The highest BCUT2D eigenvalue weighted by Gasteiger charge is 2.32. The number of aromatic nitrogens is 2. The maximum atomic E-state index is 13.4. The summed E-state index contributed by atoms with van der Waals surface area (Å²) >= 11 is 0. The third kappa shape index (κ3) is 3.86. The molecular weight excluding hydrogens is 446 g/mol. The quantitative estimate of drug-likeness (QED) is 0.629. The van der Waals surface area contributed by atoms with Crippen molar-refractivity contribution in [1.82, 2.24) is 20.0 Å². The summed E-state index contributed by atoms with van der Waals surface area (Å²) in [5.74, 6) is 1.05. The molecule has 0 saturated carbocycles. The summed E-state index contributed by atoms with van der Waals surface area (Å²) in [5.41, 5.74) is 5.17. The zero-order valence-corrected chi connectivity index (χ0v) is 19.6. The third-order valence-electron chi connectivity index (χ3n) is 7.07. The van der Waals surface area contributed by atoms with Gasteiger partial charge in [0.1, 0.15) is 0 Å². The topological polar surface area (TPSA) is 91.0 Å². The van der Waals surface area contributed by atoms with Crippen molar-refractivity contribution >= 4 is 17.5 Å². The molecule has 2 aromatic carbocycles. The summed E-state index contributed by atoms with van der Waals surface area (Å²) in [6, 6.07) is 13.6. The van der Waals surface area contributed by atoms with E-state index in [-0.39, 0.29) is 18.6 Å². The van der Waals surface area contributed by atoms with Gasteiger partial charge in [-0.1, -0.05) is 18.2 Å². The molecule has 1 N–H and O–H groups in total. The molecule has 1 saturated heterocycles. The number of hydrogen-bond donors (Lipinski definition) is 1. The van der Waals surface area contributed by atoms with Crippen LogP contribution in [0.5, 0.6) is 11.5 Å². The number of rotatable bonds is 3. The average Bonchev–Trinajstić information content (AvgIpc) is 3.54. The van der Waals surface area contributed by atoms with E-state index in [1.165, 1.54) is 11.3 Å². The van der Waals surface area contributed by atoms with Crippen molar-refractivity contribution < 1.29 is 19.1 Å². The van der Waals surface area contributed by atoms with Crippen LogP contribution >= 0.6 is 0 Å². The summed E-state index contributed by atoms with van der Waals surface area (Å²) in [7, 11) is 0. The van der Waals surface area contributed by atoms with Gasteiger partial charge in [0, 0.05) is 61.7 Å². The Balaban J connectivity index is 1.15. The number of hydrogen-bond acceptors (Lipinski definition) is 6. The number of aromatic amines is 1. The number of nitrogens with zero attached hydrogens (tertiary/aromatic N) is 4. The highest BCUT2D eigenvalue weighted by molar-refractivity contribution is 5.96. The molecule has 2 amide bonds. The second-order valence-corrected chi connectivity index (χ2v) is 9.14. The number of H-pyrrole nitrogens is 1. The van der Waals surface area contributed by atoms with Gasteiger partial charge in [0.15, 0.2) is 17.2 Å². The Morgan fingerprint density at radius 3 is 2.54 bits per heavy atom. The number of carbonyl (C=O) groups excluding carboxylic acids is 2. The van der Waals surface area contributed by atoms with Crippen molar-refractivity contribution in [3.8, 4) is 11.5 Å². The van der Waals surface area contributed by atoms with Gasteiger partial charge in [-0.15, -0.1) is 0 Å². The normalized spacial score (nSPS) is 16.9. The number of aryl methyl sites for hydroxylation is 1. The van der Waals surface area contributed by atoms with E-state index >= 15 is 0 Å². The molecule has 9 nitrogen and oxygen atoms in total. The Kier molecular flexibility index (Phi) is 5.32. The predicted octanol–water partition coefficient (Wildman–Crippen LogP) is 2.61. The molecule has 3 aromatic rings. The van der Waals surface area contributed by atoms with Crippen LogP contribution in [-0.2, 0) is 13.0 Å². The van der Waals surface area contributed by atoms with E-state index in [2.05, 4.69) is 34.2 Å². The maximum Gasteiger partial charge on any atom is 0.274 e. The van der Waals surface area contributed by atoms with Gasteiger partial charge in [-0.3, -0.25) is 14.7 Å². The Morgan fingerprint density at radius 2 is 1.71 bits per heavy atom. The van der Waals surface area contributed by atoms with Crippen LogP contribution in [0.2, 0.25) is 0 Å². The van der Waals surface area contributed by atoms with Crippen molar-refractivity contribution in [3.63, 3.8) is 0 Å². The van der Waals surface area contributed by atoms with Crippen LogP contribution in [0.4, 0.5) is 5.69 Å². The Bertz CT molecular complexity index is 1290. The fourth-order valence-corrected chi connectivity index (χ4v) is 5.08. The van der Waals surface area contributed by atoms with Crippen LogP contribution in [0.3, 0.4) is 0 Å². The molecule has 6 rings (SSSR count). The molecule has 1 fully saturated rings. The number of carbonyl (C=O) groups is 2. The number of para-hydroxylation sites is 1. The zero-order chi connectivity index (χ0) is 23.9. The van der Waals surface area contributed by atoms with E-state index in [0.29, 0.717) is 55.4 Å². The van der Waals surface area contributed by atoms with Crippen molar-refractivity contribution in [3.05, 3.63) is 70.5 Å². The summed E-state index contributed by atoms with van der Waals surface area (Å²) in [6.07, 6.45) is 0.632. The third-order valence-corrected chi connectivity index (χ3v) is 7.07. The minimum Gasteiger partial charge on any atom is -0.454 e. The van der Waals surface area contributed by atoms with Crippen molar-refractivity contribution in [2.75, 3.05) is 44.4 Å². The highest BCUT2D eigenvalue weighted by atomic mass is 16.7. The lowest BCUT2D eigenvalue weighted by Crippen LogP contribution is -2.49. The van der Waals surface area contributed by atoms with E-state index in [1.807, 2.05) is 17.0 Å². The van der Waals surface area contributed by atoms with Gasteiger partial charge in [-0.05, 0) is 36.8 Å². The van der Waals surface area contributed by atoms with E-state index in [9.17, 15) is 9.59 Å². The van der Waals surface area contributed by atoms with Crippen LogP contribution < -0.4 is 14.4 Å². The van der Waals surface area contributed by atoms with Crippen molar-refractivity contribution in [1.29, 1.82) is 0 Å². The molecule has 4 heterocycles. The number of anilines is 1. The molecule has 0 aliphatic carbocycles. The molecule has 180 valence electrons. The Hall–Kier alpha value is -4.01. The molecule has 3 aliphatic heterocycles. The summed E-state index contributed by atoms with van der Waals surface area (Å²) in [6.45, 7) is 6.01. The number of benzene rings is 2. The second kappa shape index (κ2) is 8.65. The van der Waals surface area contributed by atoms with Gasteiger partial charge in [-0.2, -0.15) is 5.10 Å². The average molecular weight is 474 g/mol. The number of amides is 2. The van der Waals surface area contributed by atoms with E-state index in [4.69, 9.17) is 9.47 Å². The Morgan fingerprint density at radius 1 is 0.914 bits per heavy atom. The maximum absolute atomic E-state index is 13.4. The molecule has 0 radical (unpaired) electrons. The van der Waals surface area contributed by atoms with Gasteiger partial charge in [0.05, 0.1) is 6.54 Å². The molecule has 0 atom stereocenters. The molecule has 0 bridgehead atoms. The molecule has 35 heavy (non-hydrogen) atoms. The number of piperazine rings is 1. The molecule has 9 heteroatoms. The highest BCUT2D eigenvalue weighted by Crippen LogP contribution is 2.33. The second-order valence-electron chi connectivity index (χ2n) is 9.14. The van der Waals surface area contributed by atoms with Gasteiger partial charge in [0.25, 0.3) is 11.8 Å². The van der Waals surface area contributed by atoms with Gasteiger partial charge in [-0.25, -0.2) is 0 Å². The van der Waals surface area contributed by atoms with Crippen LogP contribution in [0.1, 0.15) is 37.7 Å². The first-order valence-corrected chi connectivity index (χ1v) is 11.9. The SMILES string of the molecule is Cc1ccccc1N1CCN(C(=O)c2n[nH]c3c2CN(C(=O)c2ccc4c(c2)OCO4)CC3)CC1. The number of nitrogens with one attached hydrogen (secondary N) is 1. The fourth-order valence-electron chi connectivity index (χ4n) is 5.08. The minimum absolute atomic E-state index is 0.0793. The lowest BCUT2D eigenvalue weighted by Gasteiger charge is -2.36. The largest absolute Gasteiger partial charge is 0.454 e. The molecule has 0 unspecified atom stereocenters. The zero-order valence-electron chi connectivity index (χ0n) is 19.6. The molecule has 1 aromatic heterocycles. The lowest BCUT2D eigenvalue weighted by molar-refractivity contribution is 0.0709. The summed E-state index contributed by atoms with van der Waals surface area (Å²) in [5, 5.41) is 7.41. The minimum atomic E-state index is -0.0969. The lowest BCUT2D eigenvalue weighted by atomic mass is 10.0. The predicted molar refractivity (Wildman–Crippen MR) is 129 cm³/mol. The van der Waals surface area contributed by atoms with Crippen molar-refractivity contribution in [2.24, 2.45) is 0 Å². The van der Waals surface area contributed by atoms with E-state index < -0.39 is 0 Å². The fraction of sp³-hybridized carbons (Fsp3) is 0.346. The van der Waals surface area contributed by atoms with Gasteiger partial charge in [0.2, 0.25) is 6.79 Å². The molecule has 0 spiro atoms. The molecule has 3 aliphatic rings. The van der Waals surface area contributed by atoms with Gasteiger partial charge >= 0.3 is 0 Å². The standard InChI is InChI=1S/C26H27N5O4/c1-17-4-2-3-5-21(17)29-10-12-30(13-11-29)26(33)24-19-15-31(9-8-20(19)27-28-24)25(32)18-6-7-22-23(14-18)35-16-34-22/h2-7,14H,8-13,15-16H2,1H3,(H,27,28). The van der Waals surface area contributed by atoms with Crippen LogP contribution in [0.25, 0.3) is 0 Å². The monoisotopic (exact) mass is 473 g/mol. The summed E-state index contributed by atoms with van der Waals surface area (Å²) < 4.78 is 10.8. The van der Waals surface area contributed by atoms with E-state index in [1.54, 1.807) is 23.1 Å². The van der Waals surface area contributed by atoms with Crippen LogP contribution in [0, 0.1) is 6.92 Å². The molecular formula is C26H27N5O4. The first-order valence-electron chi connectivity index (χ1n) is 11.9. The van der Waals surface area contributed by atoms with Crippen LogP contribution in [0.15, 0.2) is 42.5 Å². The number of ether oxygens (including phenoxy) is 2. The summed E-state index contributed by atoms with van der Waals surface area (Å²) in [4.78, 5) is 32.6. The number of fused-ring (bicyclic) bond motifs is 2. The van der Waals surface area contributed by atoms with Crippen LogP contribution in [-0.4, -0.2) is 71.3 Å². The smallest absolute Gasteiger partial charge is 0.274 e. The van der Waals surface area contributed by atoms with Gasteiger partial charge < -0.3 is 24.2 Å². The Labute approximate surface area is 203 Å². The van der Waals surface area contributed by atoms with Crippen molar-refractivity contribution in [2.45, 2.75) is 19.9 Å².